The summed E-state index contributed by atoms with van der Waals surface area (Å²) in [4.78, 5) is 12.3. The molecule has 140 valence electrons. The first-order valence-corrected chi connectivity index (χ1v) is 9.03. The van der Waals surface area contributed by atoms with Crippen LogP contribution in [-0.4, -0.2) is 33.6 Å². The summed E-state index contributed by atoms with van der Waals surface area (Å²) in [5, 5.41) is 0. The van der Waals surface area contributed by atoms with Crippen LogP contribution >= 0.6 is 0 Å². The third-order valence-electron chi connectivity index (χ3n) is 5.73. The van der Waals surface area contributed by atoms with Gasteiger partial charge in [-0.05, 0) is 47.7 Å². The molecule has 0 amide bonds. The van der Waals surface area contributed by atoms with Crippen LogP contribution in [0.2, 0.25) is 0 Å². The summed E-state index contributed by atoms with van der Waals surface area (Å²) in [6.45, 7) is 0.675. The molecule has 2 atom stereocenters. The molecule has 1 fully saturated rings. The quantitative estimate of drug-likeness (QED) is 0.760. The zero-order valence-corrected chi connectivity index (χ0v) is 15.2. The lowest BCUT2D eigenvalue weighted by Gasteiger charge is -2.26. The van der Waals surface area contributed by atoms with Crippen LogP contribution in [0.1, 0.15) is 11.1 Å². The van der Waals surface area contributed by atoms with E-state index in [0.29, 0.717) is 24.5 Å². The van der Waals surface area contributed by atoms with E-state index < -0.39 is 0 Å². The van der Waals surface area contributed by atoms with Gasteiger partial charge in [0.05, 0.1) is 26.7 Å². The largest absolute Gasteiger partial charge is 0.493 e. The predicted molar refractivity (Wildman–Crippen MR) is 96.5 cm³/mol. The zero-order chi connectivity index (χ0) is 18.5. The van der Waals surface area contributed by atoms with E-state index in [1.807, 2.05) is 24.3 Å². The highest BCUT2D eigenvalue weighted by Crippen LogP contribution is 2.49. The van der Waals surface area contributed by atoms with Crippen LogP contribution in [0, 0.1) is 11.8 Å². The third kappa shape index (κ3) is 2.43. The minimum atomic E-state index is -0.152. The topological polar surface area (TPSA) is 63.2 Å². The van der Waals surface area contributed by atoms with Crippen LogP contribution in [-0.2, 0) is 22.4 Å². The van der Waals surface area contributed by atoms with Gasteiger partial charge in [0.1, 0.15) is 0 Å². The molecule has 0 saturated carbocycles. The van der Waals surface area contributed by atoms with Crippen LogP contribution in [0.15, 0.2) is 24.3 Å². The molecule has 2 aromatic rings. The van der Waals surface area contributed by atoms with Crippen molar-refractivity contribution in [3.63, 3.8) is 0 Å². The number of cyclic esters (lactones) is 1. The van der Waals surface area contributed by atoms with Crippen LogP contribution in [0.5, 0.6) is 23.0 Å². The Hall–Kier alpha value is -2.89. The number of hydrogen-bond donors (Lipinski definition) is 0. The van der Waals surface area contributed by atoms with Gasteiger partial charge in [-0.1, -0.05) is 6.07 Å². The second-order valence-electron chi connectivity index (χ2n) is 7.10. The summed E-state index contributed by atoms with van der Waals surface area (Å²) in [6, 6.07) is 7.93. The van der Waals surface area contributed by atoms with Crippen molar-refractivity contribution >= 4 is 5.97 Å². The van der Waals surface area contributed by atoms with Crippen LogP contribution in [0.25, 0.3) is 11.1 Å². The molecule has 3 aliphatic rings. The first kappa shape index (κ1) is 16.3. The molecule has 0 radical (unpaired) electrons. The molecule has 6 heteroatoms. The monoisotopic (exact) mass is 368 g/mol. The fourth-order valence-electron chi connectivity index (χ4n) is 4.39. The van der Waals surface area contributed by atoms with Crippen molar-refractivity contribution in [1.29, 1.82) is 0 Å². The fraction of sp³-hybridized carbons (Fsp3) is 0.381. The van der Waals surface area contributed by atoms with Crippen LogP contribution in [0.3, 0.4) is 0 Å². The summed E-state index contributed by atoms with van der Waals surface area (Å²) in [5.41, 5.74) is 4.12. The van der Waals surface area contributed by atoms with Gasteiger partial charge in [-0.3, -0.25) is 4.79 Å². The lowest BCUT2D eigenvalue weighted by molar-refractivity contribution is -0.141. The van der Waals surface area contributed by atoms with E-state index in [4.69, 9.17) is 23.7 Å². The number of benzene rings is 2. The fourth-order valence-corrected chi connectivity index (χ4v) is 4.39. The van der Waals surface area contributed by atoms with Gasteiger partial charge in [-0.2, -0.15) is 0 Å². The highest BCUT2D eigenvalue weighted by atomic mass is 16.7. The highest BCUT2D eigenvalue weighted by Gasteiger charge is 2.40. The van der Waals surface area contributed by atoms with Crippen LogP contribution in [0.4, 0.5) is 0 Å². The molecule has 1 saturated heterocycles. The zero-order valence-electron chi connectivity index (χ0n) is 15.2. The standard InChI is InChI=1S/C21H20O6/c1-23-16-4-3-11-6-15-13(9-25-21(15)22)5-12-7-17-18(27-10-26-17)8-14(12)19(11)20(16)24-2/h3-4,7-8,13,15H,5-6,9-10H2,1-2H3/t13-,15-/m1/s1. The number of hydrogen-bond acceptors (Lipinski definition) is 6. The second kappa shape index (κ2) is 6.08. The molecular formula is C21H20O6. The van der Waals surface area contributed by atoms with Gasteiger partial charge >= 0.3 is 5.97 Å². The summed E-state index contributed by atoms with van der Waals surface area (Å²) in [5.74, 6) is 2.66. The van der Waals surface area contributed by atoms with Crippen molar-refractivity contribution in [2.75, 3.05) is 27.6 Å². The smallest absolute Gasteiger partial charge is 0.309 e. The summed E-state index contributed by atoms with van der Waals surface area (Å²) >= 11 is 0. The normalized spacial score (nSPS) is 22.1. The van der Waals surface area contributed by atoms with E-state index in [-0.39, 0.29) is 24.6 Å². The molecule has 2 heterocycles. The van der Waals surface area contributed by atoms with Gasteiger partial charge in [0.2, 0.25) is 6.79 Å². The van der Waals surface area contributed by atoms with Crippen LogP contribution < -0.4 is 18.9 Å². The number of ether oxygens (including phenoxy) is 5. The van der Waals surface area contributed by atoms with Gasteiger partial charge in [0.15, 0.2) is 23.0 Å². The molecular weight excluding hydrogens is 348 g/mol. The number of rotatable bonds is 2. The van der Waals surface area contributed by atoms with E-state index in [1.54, 1.807) is 14.2 Å². The van der Waals surface area contributed by atoms with Gasteiger partial charge < -0.3 is 23.7 Å². The average molecular weight is 368 g/mol. The summed E-state index contributed by atoms with van der Waals surface area (Å²) in [7, 11) is 3.26. The molecule has 0 unspecified atom stereocenters. The third-order valence-corrected chi connectivity index (χ3v) is 5.73. The van der Waals surface area contributed by atoms with Gasteiger partial charge in [0, 0.05) is 11.5 Å². The molecule has 2 aliphatic heterocycles. The molecule has 0 N–H and O–H groups in total. The first-order valence-electron chi connectivity index (χ1n) is 9.03. The number of carbonyl (C=O) groups is 1. The Balaban J connectivity index is 1.78. The molecule has 6 nitrogen and oxygen atoms in total. The highest BCUT2D eigenvalue weighted by molar-refractivity contribution is 5.84. The van der Waals surface area contributed by atoms with Crippen molar-refractivity contribution in [2.45, 2.75) is 12.8 Å². The number of fused-ring (bicyclic) bond motifs is 5. The lowest BCUT2D eigenvalue weighted by atomic mass is 9.78. The number of methoxy groups -OCH3 is 2. The maximum Gasteiger partial charge on any atom is 0.309 e. The number of esters is 1. The van der Waals surface area contributed by atoms with Crippen molar-refractivity contribution in [2.24, 2.45) is 11.8 Å². The Morgan fingerprint density at radius 1 is 0.963 bits per heavy atom. The Kier molecular flexibility index (Phi) is 3.67. The second-order valence-corrected chi connectivity index (χ2v) is 7.10. The van der Waals surface area contributed by atoms with E-state index in [9.17, 15) is 4.79 Å². The Bertz CT molecular complexity index is 935. The molecule has 0 spiro atoms. The van der Waals surface area contributed by atoms with Crippen molar-refractivity contribution in [3.8, 4) is 34.1 Å². The number of carbonyl (C=O) groups excluding carboxylic acids is 1. The van der Waals surface area contributed by atoms with E-state index >= 15 is 0 Å². The molecule has 0 bridgehead atoms. The minimum absolute atomic E-state index is 0.120. The van der Waals surface area contributed by atoms with Crippen molar-refractivity contribution in [1.82, 2.24) is 0 Å². The SMILES string of the molecule is COc1ccc2c(c1OC)-c1cc3c(cc1C[C@@H]1COC(=O)[C@@H]1C2)OCO3. The van der Waals surface area contributed by atoms with E-state index in [2.05, 4.69) is 0 Å². The van der Waals surface area contributed by atoms with E-state index in [1.165, 1.54) is 0 Å². The maximum atomic E-state index is 12.3. The first-order chi connectivity index (χ1) is 13.2. The Morgan fingerprint density at radius 3 is 2.56 bits per heavy atom. The van der Waals surface area contributed by atoms with Crippen molar-refractivity contribution in [3.05, 3.63) is 35.4 Å². The Labute approximate surface area is 156 Å². The summed E-state index contributed by atoms with van der Waals surface area (Å²) in [6.07, 6.45) is 1.36. The maximum absolute atomic E-state index is 12.3. The predicted octanol–water partition coefficient (Wildman–Crippen LogP) is 2.99. The Morgan fingerprint density at radius 2 is 1.78 bits per heavy atom. The molecule has 5 rings (SSSR count). The molecule has 27 heavy (non-hydrogen) atoms. The molecule has 0 aromatic heterocycles. The molecule has 2 aromatic carbocycles. The van der Waals surface area contributed by atoms with Crippen molar-refractivity contribution < 1.29 is 28.5 Å². The summed E-state index contributed by atoms with van der Waals surface area (Å²) < 4.78 is 27.8. The van der Waals surface area contributed by atoms with E-state index in [0.717, 1.165) is 40.2 Å². The average Bonchev–Trinajstić information content (AvgIpc) is 3.26. The van der Waals surface area contributed by atoms with Gasteiger partial charge in [-0.25, -0.2) is 0 Å². The lowest BCUT2D eigenvalue weighted by Crippen LogP contribution is -2.23. The van der Waals surface area contributed by atoms with Gasteiger partial charge in [0.25, 0.3) is 0 Å². The molecule has 1 aliphatic carbocycles. The van der Waals surface area contributed by atoms with Gasteiger partial charge in [-0.15, -0.1) is 0 Å². The minimum Gasteiger partial charge on any atom is -0.493 e.